The molecule has 2 aromatic heterocycles. The molecule has 1 amide bonds. The molecule has 3 heterocycles. The number of rotatable bonds is 6. The average Bonchev–Trinajstić information content (AvgIpc) is 3.71. The van der Waals surface area contributed by atoms with E-state index in [2.05, 4.69) is 31.4 Å². The van der Waals surface area contributed by atoms with Gasteiger partial charge < -0.3 is 9.64 Å². The Labute approximate surface area is 176 Å². The van der Waals surface area contributed by atoms with Crippen LogP contribution in [0, 0.1) is 17.8 Å². The first-order chi connectivity index (χ1) is 14.7. The molecule has 0 spiro atoms. The summed E-state index contributed by atoms with van der Waals surface area (Å²) in [6, 6.07) is 3.72. The number of likely N-dealkylation sites (tertiary alicyclic amines) is 1. The summed E-state index contributed by atoms with van der Waals surface area (Å²) in [5, 5.41) is 16.8. The van der Waals surface area contributed by atoms with Gasteiger partial charge in [-0.25, -0.2) is 4.68 Å². The van der Waals surface area contributed by atoms with Gasteiger partial charge in [0.15, 0.2) is 5.69 Å². The van der Waals surface area contributed by atoms with E-state index in [0.29, 0.717) is 23.4 Å². The second kappa shape index (κ2) is 7.41. The minimum atomic E-state index is -0.0127. The van der Waals surface area contributed by atoms with Crippen LogP contribution in [0.15, 0.2) is 24.5 Å². The van der Waals surface area contributed by atoms with E-state index >= 15 is 0 Å². The highest BCUT2D eigenvalue weighted by Gasteiger charge is 2.45. The van der Waals surface area contributed by atoms with Crippen molar-refractivity contribution in [1.82, 2.24) is 30.1 Å². The SMILES string of the molecule is O=C(c1cccnn1)N1C[C@H]2C[C@@H](n3cc(C4CC4)nn3)[C@H](OCC3CC3)C[C@H]2C1. The lowest BCUT2D eigenvalue weighted by molar-refractivity contribution is -0.0375. The Morgan fingerprint density at radius 3 is 2.67 bits per heavy atom. The maximum Gasteiger partial charge on any atom is 0.274 e. The Morgan fingerprint density at radius 2 is 1.93 bits per heavy atom. The minimum absolute atomic E-state index is 0.0127. The Bertz CT molecular complexity index is 909. The van der Waals surface area contributed by atoms with Crippen molar-refractivity contribution in [1.29, 1.82) is 0 Å². The first-order valence-electron chi connectivity index (χ1n) is 11.3. The molecule has 3 aliphatic carbocycles. The monoisotopic (exact) mass is 408 g/mol. The van der Waals surface area contributed by atoms with Crippen molar-refractivity contribution < 1.29 is 9.53 Å². The summed E-state index contributed by atoms with van der Waals surface area (Å²) >= 11 is 0. The highest BCUT2D eigenvalue weighted by Crippen LogP contribution is 2.44. The third-order valence-corrected chi connectivity index (χ3v) is 7.27. The maximum absolute atomic E-state index is 12.9. The van der Waals surface area contributed by atoms with Crippen LogP contribution in [-0.4, -0.2) is 61.8 Å². The van der Waals surface area contributed by atoms with Gasteiger partial charge in [-0.15, -0.1) is 10.2 Å². The van der Waals surface area contributed by atoms with Crippen molar-refractivity contribution in [3.8, 4) is 0 Å². The number of fused-ring (bicyclic) bond motifs is 1. The topological polar surface area (TPSA) is 86.0 Å². The molecule has 8 nitrogen and oxygen atoms in total. The van der Waals surface area contributed by atoms with E-state index in [4.69, 9.17) is 4.74 Å². The van der Waals surface area contributed by atoms with Gasteiger partial charge in [-0.2, -0.15) is 5.10 Å². The van der Waals surface area contributed by atoms with Gasteiger partial charge in [0.1, 0.15) is 0 Å². The van der Waals surface area contributed by atoms with Gasteiger partial charge in [0.2, 0.25) is 0 Å². The van der Waals surface area contributed by atoms with Crippen LogP contribution in [0.2, 0.25) is 0 Å². The lowest BCUT2D eigenvalue weighted by Crippen LogP contribution is -2.38. The zero-order valence-electron chi connectivity index (χ0n) is 17.1. The van der Waals surface area contributed by atoms with Gasteiger partial charge in [0.05, 0.1) is 17.8 Å². The minimum Gasteiger partial charge on any atom is -0.376 e. The molecular formula is C22H28N6O2. The summed E-state index contributed by atoms with van der Waals surface area (Å²) in [7, 11) is 0. The fraction of sp³-hybridized carbons (Fsp3) is 0.682. The summed E-state index contributed by atoms with van der Waals surface area (Å²) in [4.78, 5) is 14.9. The normalized spacial score (nSPS) is 31.0. The smallest absolute Gasteiger partial charge is 0.274 e. The lowest BCUT2D eigenvalue weighted by atomic mass is 9.77. The molecule has 1 saturated heterocycles. The van der Waals surface area contributed by atoms with Gasteiger partial charge in [0, 0.05) is 38.0 Å². The molecule has 0 aromatic carbocycles. The standard InChI is InChI=1S/C22H28N6O2/c29-22(18-2-1-7-23-24-18)27-10-16-8-20(28-12-19(25-26-28)15-5-6-15)21(9-17(16)11-27)30-13-14-3-4-14/h1-2,7,12,14-17,20-21H,3-6,8-11,13H2/t16-,17+,20-,21-/m1/s1. The molecule has 4 aliphatic rings. The zero-order chi connectivity index (χ0) is 20.1. The quantitative estimate of drug-likeness (QED) is 0.730. The molecule has 30 heavy (non-hydrogen) atoms. The second-order valence-electron chi connectivity index (χ2n) is 9.59. The molecular weight excluding hydrogens is 380 g/mol. The van der Waals surface area contributed by atoms with Crippen LogP contribution in [0.25, 0.3) is 0 Å². The fourth-order valence-electron chi connectivity index (χ4n) is 5.15. The van der Waals surface area contributed by atoms with E-state index in [1.54, 1.807) is 18.3 Å². The molecule has 0 unspecified atom stereocenters. The van der Waals surface area contributed by atoms with Gasteiger partial charge in [-0.1, -0.05) is 5.21 Å². The van der Waals surface area contributed by atoms with Crippen LogP contribution < -0.4 is 0 Å². The molecule has 0 radical (unpaired) electrons. The van der Waals surface area contributed by atoms with Crippen molar-refractivity contribution >= 4 is 5.91 Å². The molecule has 158 valence electrons. The van der Waals surface area contributed by atoms with Crippen LogP contribution in [0.1, 0.15) is 66.7 Å². The molecule has 3 saturated carbocycles. The van der Waals surface area contributed by atoms with Crippen molar-refractivity contribution in [2.45, 2.75) is 56.6 Å². The maximum atomic E-state index is 12.9. The number of ether oxygens (including phenoxy) is 1. The van der Waals surface area contributed by atoms with E-state index in [0.717, 1.165) is 44.1 Å². The number of amides is 1. The molecule has 4 fully saturated rings. The van der Waals surface area contributed by atoms with E-state index in [-0.39, 0.29) is 18.1 Å². The number of hydrogen-bond donors (Lipinski definition) is 0. The largest absolute Gasteiger partial charge is 0.376 e. The Hall–Kier alpha value is -2.35. The first kappa shape index (κ1) is 18.4. The average molecular weight is 409 g/mol. The van der Waals surface area contributed by atoms with Gasteiger partial charge in [-0.05, 0) is 68.4 Å². The lowest BCUT2D eigenvalue weighted by Gasteiger charge is -2.37. The molecule has 6 rings (SSSR count). The van der Waals surface area contributed by atoms with E-state index in [1.807, 2.05) is 4.90 Å². The summed E-state index contributed by atoms with van der Waals surface area (Å²) in [5.41, 5.74) is 1.56. The summed E-state index contributed by atoms with van der Waals surface area (Å²) in [5.74, 6) is 2.26. The van der Waals surface area contributed by atoms with Gasteiger partial charge in [0.25, 0.3) is 5.91 Å². The van der Waals surface area contributed by atoms with Crippen molar-refractivity contribution in [2.75, 3.05) is 19.7 Å². The molecule has 0 N–H and O–H groups in total. The predicted molar refractivity (Wildman–Crippen MR) is 108 cm³/mol. The highest BCUT2D eigenvalue weighted by atomic mass is 16.5. The molecule has 0 bridgehead atoms. The van der Waals surface area contributed by atoms with E-state index in [9.17, 15) is 4.79 Å². The summed E-state index contributed by atoms with van der Waals surface area (Å²) in [6.07, 6.45) is 10.9. The Balaban J connectivity index is 1.19. The van der Waals surface area contributed by atoms with Crippen LogP contribution in [0.3, 0.4) is 0 Å². The zero-order valence-corrected chi connectivity index (χ0v) is 17.1. The van der Waals surface area contributed by atoms with Crippen molar-refractivity contribution in [2.24, 2.45) is 17.8 Å². The predicted octanol–water partition coefficient (Wildman–Crippen LogP) is 2.46. The molecule has 8 heteroatoms. The third-order valence-electron chi connectivity index (χ3n) is 7.27. The Morgan fingerprint density at radius 1 is 1.10 bits per heavy atom. The number of carbonyl (C=O) groups is 1. The summed E-state index contributed by atoms with van der Waals surface area (Å²) < 4.78 is 8.50. The first-order valence-corrected chi connectivity index (χ1v) is 11.3. The van der Waals surface area contributed by atoms with E-state index < -0.39 is 0 Å². The van der Waals surface area contributed by atoms with Gasteiger partial charge >= 0.3 is 0 Å². The number of carbonyl (C=O) groups excluding carboxylic acids is 1. The van der Waals surface area contributed by atoms with Crippen molar-refractivity contribution in [3.05, 3.63) is 35.9 Å². The number of hydrogen-bond acceptors (Lipinski definition) is 6. The van der Waals surface area contributed by atoms with Crippen molar-refractivity contribution in [3.63, 3.8) is 0 Å². The second-order valence-corrected chi connectivity index (χ2v) is 9.59. The summed E-state index contributed by atoms with van der Waals surface area (Å²) in [6.45, 7) is 2.40. The van der Waals surface area contributed by atoms with Crippen LogP contribution >= 0.6 is 0 Å². The highest BCUT2D eigenvalue weighted by molar-refractivity contribution is 5.92. The fourth-order valence-corrected chi connectivity index (χ4v) is 5.15. The Kier molecular flexibility index (Phi) is 4.55. The number of aromatic nitrogens is 5. The molecule has 2 aromatic rings. The molecule has 1 aliphatic heterocycles. The third kappa shape index (κ3) is 3.62. The van der Waals surface area contributed by atoms with Gasteiger partial charge in [-0.3, -0.25) is 4.79 Å². The molecule has 4 atom stereocenters. The number of nitrogens with zero attached hydrogens (tertiary/aromatic N) is 6. The van der Waals surface area contributed by atoms with Crippen LogP contribution in [-0.2, 0) is 4.74 Å². The van der Waals surface area contributed by atoms with Crippen LogP contribution in [0.4, 0.5) is 0 Å². The van der Waals surface area contributed by atoms with E-state index in [1.165, 1.54) is 25.7 Å². The van der Waals surface area contributed by atoms with Crippen LogP contribution in [0.5, 0.6) is 0 Å².